The van der Waals surface area contributed by atoms with Gasteiger partial charge in [0.25, 0.3) is 0 Å². The lowest BCUT2D eigenvalue weighted by Crippen LogP contribution is -2.04. The van der Waals surface area contributed by atoms with E-state index in [0.717, 1.165) is 16.7 Å². The number of ether oxygens (including phenoxy) is 1. The molecule has 0 aliphatic heterocycles. The summed E-state index contributed by atoms with van der Waals surface area (Å²) in [5, 5.41) is 1.15. The Bertz CT molecular complexity index is 442. The summed E-state index contributed by atoms with van der Waals surface area (Å²) in [6.07, 6.45) is 1.78. The van der Waals surface area contributed by atoms with Crippen molar-refractivity contribution in [2.45, 2.75) is 0 Å². The van der Waals surface area contributed by atoms with Crippen molar-refractivity contribution in [3.63, 3.8) is 0 Å². The van der Waals surface area contributed by atoms with Crippen molar-refractivity contribution in [3.05, 3.63) is 30.5 Å². The van der Waals surface area contributed by atoms with Crippen molar-refractivity contribution in [3.8, 4) is 5.75 Å². The monoisotopic (exact) mass is 171 g/mol. The van der Waals surface area contributed by atoms with E-state index in [1.54, 1.807) is 13.3 Å². The van der Waals surface area contributed by atoms with Crippen molar-refractivity contribution in [2.24, 2.45) is 0 Å². The fraction of sp³-hybridized carbons (Fsp3) is 0.100. The van der Waals surface area contributed by atoms with E-state index < -0.39 is 0 Å². The summed E-state index contributed by atoms with van der Waals surface area (Å²) in [7, 11) is 3.74. The Morgan fingerprint density at radius 3 is 2.92 bits per heavy atom. The molecule has 0 amide bonds. The van der Waals surface area contributed by atoms with Crippen LogP contribution in [0.4, 0.5) is 0 Å². The molecule has 0 fully saturated rings. The fourth-order valence-corrected chi connectivity index (χ4v) is 1.45. The minimum absolute atomic E-state index is 0.834. The standard InChI is InChI=1S/C10H10BNO/c1-13-9-5-4-8(11)7-3-2-6-12-10(7)9/h2-6H,11H2,1H3. The van der Waals surface area contributed by atoms with Gasteiger partial charge in [0.1, 0.15) is 19.1 Å². The van der Waals surface area contributed by atoms with Crippen molar-refractivity contribution < 1.29 is 4.74 Å². The second kappa shape index (κ2) is 3.09. The number of fused-ring (bicyclic) bond motifs is 1. The van der Waals surface area contributed by atoms with Crippen molar-refractivity contribution >= 4 is 24.2 Å². The third-order valence-corrected chi connectivity index (χ3v) is 2.17. The number of rotatable bonds is 1. The van der Waals surface area contributed by atoms with E-state index in [1.165, 1.54) is 5.46 Å². The number of hydrogen-bond acceptors (Lipinski definition) is 2. The predicted molar refractivity (Wildman–Crippen MR) is 56.5 cm³/mol. The lowest BCUT2D eigenvalue weighted by Gasteiger charge is -2.05. The molecule has 1 aromatic carbocycles. The van der Waals surface area contributed by atoms with Gasteiger partial charge in [0, 0.05) is 6.20 Å². The third kappa shape index (κ3) is 1.26. The molecule has 0 saturated carbocycles. The molecule has 0 N–H and O–H groups in total. The Morgan fingerprint density at radius 1 is 1.31 bits per heavy atom. The van der Waals surface area contributed by atoms with E-state index in [4.69, 9.17) is 4.74 Å². The quantitative estimate of drug-likeness (QED) is 0.583. The number of methoxy groups -OCH3 is 1. The van der Waals surface area contributed by atoms with Crippen molar-refractivity contribution in [1.29, 1.82) is 0 Å². The van der Waals surface area contributed by atoms with E-state index in [0.29, 0.717) is 0 Å². The second-order valence-electron chi connectivity index (χ2n) is 2.98. The molecule has 0 spiro atoms. The highest BCUT2D eigenvalue weighted by molar-refractivity contribution is 6.38. The van der Waals surface area contributed by atoms with Crippen LogP contribution in [-0.2, 0) is 0 Å². The maximum Gasteiger partial charge on any atom is 0.145 e. The van der Waals surface area contributed by atoms with Crippen LogP contribution in [0.3, 0.4) is 0 Å². The number of hydrogen-bond donors (Lipinski definition) is 0. The van der Waals surface area contributed by atoms with Crippen LogP contribution in [0.1, 0.15) is 0 Å². The molecule has 0 radical (unpaired) electrons. The molecule has 2 nitrogen and oxygen atoms in total. The van der Waals surface area contributed by atoms with Gasteiger partial charge in [-0.25, -0.2) is 0 Å². The molecule has 0 bridgehead atoms. The minimum Gasteiger partial charge on any atom is -0.494 e. The highest BCUT2D eigenvalue weighted by atomic mass is 16.5. The zero-order chi connectivity index (χ0) is 9.26. The van der Waals surface area contributed by atoms with Crippen LogP contribution in [0, 0.1) is 0 Å². The Balaban J connectivity index is 2.84. The maximum absolute atomic E-state index is 5.22. The van der Waals surface area contributed by atoms with Gasteiger partial charge in [-0.2, -0.15) is 0 Å². The summed E-state index contributed by atoms with van der Waals surface area (Å²) in [4.78, 5) is 4.29. The number of nitrogens with zero attached hydrogens (tertiary/aromatic N) is 1. The zero-order valence-electron chi connectivity index (χ0n) is 7.74. The summed E-state index contributed by atoms with van der Waals surface area (Å²) in [5.41, 5.74) is 2.16. The smallest absolute Gasteiger partial charge is 0.145 e. The maximum atomic E-state index is 5.22. The van der Waals surface area contributed by atoms with Crippen LogP contribution >= 0.6 is 0 Å². The molecule has 0 atom stereocenters. The molecule has 1 aromatic heterocycles. The van der Waals surface area contributed by atoms with Gasteiger partial charge in [-0.3, -0.25) is 4.98 Å². The Hall–Kier alpha value is -1.51. The lowest BCUT2D eigenvalue weighted by molar-refractivity contribution is 0.419. The normalized spacial score (nSPS) is 10.2. The van der Waals surface area contributed by atoms with Crippen molar-refractivity contribution in [2.75, 3.05) is 7.11 Å². The van der Waals surface area contributed by atoms with Crippen LogP contribution in [0.25, 0.3) is 10.9 Å². The van der Waals surface area contributed by atoms with E-state index in [2.05, 4.69) is 18.9 Å². The molecule has 13 heavy (non-hydrogen) atoms. The first-order chi connectivity index (χ1) is 6.33. The topological polar surface area (TPSA) is 22.1 Å². The fourth-order valence-electron chi connectivity index (χ4n) is 1.45. The average molecular weight is 171 g/mol. The van der Waals surface area contributed by atoms with E-state index in [9.17, 15) is 0 Å². The van der Waals surface area contributed by atoms with E-state index in [-0.39, 0.29) is 0 Å². The molecule has 2 rings (SSSR count). The zero-order valence-corrected chi connectivity index (χ0v) is 7.74. The van der Waals surface area contributed by atoms with Gasteiger partial charge in [-0.05, 0) is 17.5 Å². The summed E-state index contributed by atoms with van der Waals surface area (Å²) in [6.45, 7) is 0. The molecule has 2 aromatic rings. The summed E-state index contributed by atoms with van der Waals surface area (Å²) >= 11 is 0. The van der Waals surface area contributed by atoms with Gasteiger partial charge in [-0.1, -0.05) is 17.6 Å². The minimum atomic E-state index is 0.834. The van der Waals surface area contributed by atoms with Crippen LogP contribution in [0.15, 0.2) is 30.5 Å². The summed E-state index contributed by atoms with van der Waals surface area (Å²) in [5.74, 6) is 0.834. The molecule has 0 aliphatic carbocycles. The van der Waals surface area contributed by atoms with Crippen LogP contribution < -0.4 is 10.2 Å². The Morgan fingerprint density at radius 2 is 2.15 bits per heavy atom. The highest BCUT2D eigenvalue weighted by Gasteiger charge is 2.02. The first-order valence-corrected chi connectivity index (χ1v) is 4.21. The largest absolute Gasteiger partial charge is 0.494 e. The SMILES string of the molecule is Bc1ccc(OC)c2ncccc12. The van der Waals surface area contributed by atoms with Crippen molar-refractivity contribution in [1.82, 2.24) is 4.98 Å². The van der Waals surface area contributed by atoms with E-state index in [1.807, 2.05) is 18.2 Å². The van der Waals surface area contributed by atoms with Gasteiger partial charge in [0.05, 0.1) is 7.11 Å². The second-order valence-corrected chi connectivity index (χ2v) is 2.98. The molecule has 0 saturated heterocycles. The Labute approximate surface area is 78.0 Å². The molecule has 64 valence electrons. The molecule has 0 unspecified atom stereocenters. The van der Waals surface area contributed by atoms with Crippen LogP contribution in [-0.4, -0.2) is 19.9 Å². The third-order valence-electron chi connectivity index (χ3n) is 2.17. The van der Waals surface area contributed by atoms with Crippen LogP contribution in [0.5, 0.6) is 5.75 Å². The molecule has 3 heteroatoms. The van der Waals surface area contributed by atoms with Gasteiger partial charge in [0.15, 0.2) is 0 Å². The molecular formula is C10H10BNO. The van der Waals surface area contributed by atoms with E-state index >= 15 is 0 Å². The molecule has 0 aliphatic rings. The van der Waals surface area contributed by atoms with Crippen LogP contribution in [0.2, 0.25) is 0 Å². The molecular weight excluding hydrogens is 161 g/mol. The number of benzene rings is 1. The Kier molecular flexibility index (Phi) is 1.93. The number of aromatic nitrogens is 1. The number of pyridine rings is 1. The highest BCUT2D eigenvalue weighted by Crippen LogP contribution is 2.20. The summed E-state index contributed by atoms with van der Waals surface area (Å²) in [6, 6.07) is 7.99. The predicted octanol–water partition coefficient (Wildman–Crippen LogP) is 0.502. The summed E-state index contributed by atoms with van der Waals surface area (Å²) < 4.78 is 5.22. The van der Waals surface area contributed by atoms with Gasteiger partial charge in [-0.15, -0.1) is 0 Å². The van der Waals surface area contributed by atoms with Gasteiger partial charge < -0.3 is 4.74 Å². The first-order valence-electron chi connectivity index (χ1n) is 4.21. The first kappa shape index (κ1) is 8.11. The lowest BCUT2D eigenvalue weighted by atomic mass is 9.91. The average Bonchev–Trinajstić information content (AvgIpc) is 2.19. The van der Waals surface area contributed by atoms with Gasteiger partial charge in [0.2, 0.25) is 0 Å². The van der Waals surface area contributed by atoms with Gasteiger partial charge >= 0.3 is 0 Å². The molecule has 1 heterocycles.